The van der Waals surface area contributed by atoms with Gasteiger partial charge in [0.1, 0.15) is 0 Å². The number of rotatable bonds is 3. The Morgan fingerprint density at radius 2 is 2.05 bits per heavy atom. The Kier molecular flexibility index (Phi) is 3.13. The molecule has 0 amide bonds. The molecule has 0 unspecified atom stereocenters. The van der Waals surface area contributed by atoms with E-state index < -0.39 is 15.6 Å². The second kappa shape index (κ2) is 4.85. The van der Waals surface area contributed by atoms with E-state index in [9.17, 15) is 13.2 Å². The molecule has 0 aliphatic heterocycles. The van der Waals surface area contributed by atoms with Crippen molar-refractivity contribution in [1.29, 1.82) is 0 Å². The summed E-state index contributed by atoms with van der Waals surface area (Å²) in [6.45, 7) is 0. The lowest BCUT2D eigenvalue weighted by Gasteiger charge is -2.04. The molecule has 0 spiro atoms. The molecular formula is C14H12N2O4S. The number of aryl methyl sites for hydroxylation is 1. The standard InChI is InChI=1S/C14H12N2O4S/c1-16-12-6-5-11(8-13(12)20-14(16)17)21(18,19)9-10-4-2-3-7-15-10/h2-8H,9H2,1H3. The third kappa shape index (κ3) is 2.47. The van der Waals surface area contributed by atoms with Crippen LogP contribution in [0.3, 0.4) is 0 Å². The Bertz CT molecular complexity index is 956. The number of nitrogens with zero attached hydrogens (tertiary/aromatic N) is 2. The van der Waals surface area contributed by atoms with Gasteiger partial charge in [0, 0.05) is 19.3 Å². The van der Waals surface area contributed by atoms with Crippen LogP contribution in [0.5, 0.6) is 0 Å². The molecule has 3 aromatic rings. The number of hydrogen-bond acceptors (Lipinski definition) is 5. The molecule has 1 aromatic carbocycles. The first-order valence-electron chi connectivity index (χ1n) is 6.20. The van der Waals surface area contributed by atoms with Crippen LogP contribution < -0.4 is 5.76 Å². The Hall–Kier alpha value is -2.41. The van der Waals surface area contributed by atoms with Crippen molar-refractivity contribution in [1.82, 2.24) is 9.55 Å². The fourth-order valence-electron chi connectivity index (χ4n) is 2.07. The quantitative estimate of drug-likeness (QED) is 0.732. The number of benzene rings is 1. The van der Waals surface area contributed by atoms with E-state index in [1.807, 2.05) is 0 Å². The third-order valence-corrected chi connectivity index (χ3v) is 4.83. The van der Waals surface area contributed by atoms with Gasteiger partial charge in [-0.2, -0.15) is 0 Å². The molecule has 0 saturated heterocycles. The van der Waals surface area contributed by atoms with Gasteiger partial charge in [0.25, 0.3) is 0 Å². The summed E-state index contributed by atoms with van der Waals surface area (Å²) in [6.07, 6.45) is 1.55. The molecule has 0 aliphatic rings. The lowest BCUT2D eigenvalue weighted by molar-refractivity contribution is 0.527. The summed E-state index contributed by atoms with van der Waals surface area (Å²) in [5, 5.41) is 0. The van der Waals surface area contributed by atoms with E-state index in [1.54, 1.807) is 37.5 Å². The Morgan fingerprint density at radius 3 is 2.76 bits per heavy atom. The number of pyridine rings is 1. The van der Waals surface area contributed by atoms with Crippen LogP contribution in [0.4, 0.5) is 0 Å². The van der Waals surface area contributed by atoms with Crippen LogP contribution in [0.25, 0.3) is 11.1 Å². The average molecular weight is 304 g/mol. The van der Waals surface area contributed by atoms with Gasteiger partial charge in [-0.05, 0) is 24.3 Å². The third-order valence-electron chi connectivity index (χ3n) is 3.19. The van der Waals surface area contributed by atoms with Crippen LogP contribution in [0.15, 0.2) is 56.7 Å². The second-order valence-electron chi connectivity index (χ2n) is 4.64. The monoisotopic (exact) mass is 304 g/mol. The summed E-state index contributed by atoms with van der Waals surface area (Å²) in [5.41, 5.74) is 1.27. The van der Waals surface area contributed by atoms with E-state index in [2.05, 4.69) is 4.98 Å². The van der Waals surface area contributed by atoms with Gasteiger partial charge in [-0.1, -0.05) is 6.07 Å². The second-order valence-corrected chi connectivity index (χ2v) is 6.63. The van der Waals surface area contributed by atoms with Crippen LogP contribution in [0, 0.1) is 0 Å². The number of fused-ring (bicyclic) bond motifs is 1. The molecule has 0 aliphatic carbocycles. The molecular weight excluding hydrogens is 292 g/mol. The van der Waals surface area contributed by atoms with Gasteiger partial charge in [-0.25, -0.2) is 13.2 Å². The summed E-state index contributed by atoms with van der Waals surface area (Å²) in [7, 11) is -1.98. The minimum absolute atomic E-state index is 0.106. The molecule has 0 N–H and O–H groups in total. The molecule has 0 fully saturated rings. The smallest absolute Gasteiger partial charge is 0.408 e. The summed E-state index contributed by atoms with van der Waals surface area (Å²) in [6, 6.07) is 9.51. The minimum Gasteiger partial charge on any atom is -0.408 e. The minimum atomic E-state index is -3.54. The summed E-state index contributed by atoms with van der Waals surface area (Å²) in [4.78, 5) is 15.5. The fraction of sp³-hybridized carbons (Fsp3) is 0.143. The SMILES string of the molecule is Cn1c(=O)oc2cc(S(=O)(=O)Cc3ccccn3)ccc21. The van der Waals surface area contributed by atoms with Gasteiger partial charge < -0.3 is 4.42 Å². The van der Waals surface area contributed by atoms with E-state index in [0.717, 1.165) is 0 Å². The lowest BCUT2D eigenvalue weighted by atomic mass is 10.3. The summed E-state index contributed by atoms with van der Waals surface area (Å²) < 4.78 is 31.1. The van der Waals surface area contributed by atoms with Crippen molar-refractivity contribution >= 4 is 20.9 Å². The largest absolute Gasteiger partial charge is 0.419 e. The highest BCUT2D eigenvalue weighted by molar-refractivity contribution is 7.90. The Morgan fingerprint density at radius 1 is 1.24 bits per heavy atom. The Balaban J connectivity index is 2.05. The highest BCUT2D eigenvalue weighted by atomic mass is 32.2. The maximum atomic E-state index is 12.4. The van der Waals surface area contributed by atoms with Crippen LogP contribution in [-0.4, -0.2) is 18.0 Å². The van der Waals surface area contributed by atoms with Crippen molar-refractivity contribution in [3.63, 3.8) is 0 Å². The van der Waals surface area contributed by atoms with Crippen LogP contribution in [0.1, 0.15) is 5.69 Å². The normalized spacial score (nSPS) is 11.9. The predicted octanol–water partition coefficient (Wildman–Crippen LogP) is 1.50. The molecule has 21 heavy (non-hydrogen) atoms. The Labute approximate surface area is 120 Å². The van der Waals surface area contributed by atoms with E-state index in [4.69, 9.17) is 4.42 Å². The van der Waals surface area contributed by atoms with Crippen molar-refractivity contribution in [3.8, 4) is 0 Å². The summed E-state index contributed by atoms with van der Waals surface area (Å²) >= 11 is 0. The number of oxazole rings is 1. The molecule has 6 nitrogen and oxygen atoms in total. The zero-order valence-electron chi connectivity index (χ0n) is 11.2. The first-order valence-corrected chi connectivity index (χ1v) is 7.85. The van der Waals surface area contributed by atoms with Gasteiger partial charge in [0.05, 0.1) is 21.9 Å². The molecule has 0 saturated carbocycles. The first kappa shape index (κ1) is 13.6. The molecule has 2 aromatic heterocycles. The van der Waals surface area contributed by atoms with Crippen LogP contribution in [0.2, 0.25) is 0 Å². The van der Waals surface area contributed by atoms with Crippen molar-refractivity contribution < 1.29 is 12.8 Å². The molecule has 108 valence electrons. The molecule has 0 radical (unpaired) electrons. The van der Waals surface area contributed by atoms with Gasteiger partial charge in [0.15, 0.2) is 15.4 Å². The number of sulfone groups is 1. The van der Waals surface area contributed by atoms with E-state index >= 15 is 0 Å². The first-order chi connectivity index (χ1) is 9.97. The molecule has 2 heterocycles. The van der Waals surface area contributed by atoms with Gasteiger partial charge >= 0.3 is 5.76 Å². The topological polar surface area (TPSA) is 82.2 Å². The maximum Gasteiger partial charge on any atom is 0.419 e. The van der Waals surface area contributed by atoms with Crippen molar-refractivity contribution in [2.45, 2.75) is 10.6 Å². The molecule has 0 atom stereocenters. The lowest BCUT2D eigenvalue weighted by Crippen LogP contribution is -2.08. The van der Waals surface area contributed by atoms with E-state index in [0.29, 0.717) is 11.2 Å². The molecule has 0 bridgehead atoms. The van der Waals surface area contributed by atoms with Crippen molar-refractivity contribution in [2.75, 3.05) is 0 Å². The molecule has 3 rings (SSSR count). The maximum absolute atomic E-state index is 12.4. The fourth-order valence-corrected chi connectivity index (χ4v) is 3.36. The number of hydrogen-bond donors (Lipinski definition) is 0. The average Bonchev–Trinajstić information content (AvgIpc) is 2.74. The van der Waals surface area contributed by atoms with Gasteiger partial charge in [0.2, 0.25) is 0 Å². The highest BCUT2D eigenvalue weighted by Gasteiger charge is 2.18. The van der Waals surface area contributed by atoms with Crippen molar-refractivity contribution in [2.24, 2.45) is 7.05 Å². The zero-order chi connectivity index (χ0) is 15.0. The van der Waals surface area contributed by atoms with Gasteiger partial charge in [-0.3, -0.25) is 9.55 Å². The summed E-state index contributed by atoms with van der Waals surface area (Å²) in [5.74, 6) is -0.722. The van der Waals surface area contributed by atoms with E-state index in [-0.39, 0.29) is 16.2 Å². The van der Waals surface area contributed by atoms with Crippen molar-refractivity contribution in [3.05, 3.63) is 58.8 Å². The highest BCUT2D eigenvalue weighted by Crippen LogP contribution is 2.20. The predicted molar refractivity (Wildman–Crippen MR) is 76.6 cm³/mol. The van der Waals surface area contributed by atoms with E-state index in [1.165, 1.54) is 16.7 Å². The number of aromatic nitrogens is 2. The molecule has 7 heteroatoms. The van der Waals surface area contributed by atoms with Gasteiger partial charge in [-0.15, -0.1) is 0 Å². The van der Waals surface area contributed by atoms with Crippen LogP contribution >= 0.6 is 0 Å². The zero-order valence-corrected chi connectivity index (χ0v) is 12.0. The van der Waals surface area contributed by atoms with Crippen LogP contribution in [-0.2, 0) is 22.6 Å².